The van der Waals surface area contributed by atoms with Crippen LogP contribution in [0.4, 0.5) is 11.6 Å². The Bertz CT molecular complexity index is 897. The highest BCUT2D eigenvalue weighted by Crippen LogP contribution is 2.30. The average Bonchev–Trinajstić information content (AvgIpc) is 2.74. The molecule has 8 nitrogen and oxygen atoms in total. The van der Waals surface area contributed by atoms with E-state index in [0.717, 1.165) is 0 Å². The minimum absolute atomic E-state index is 0.208. The third-order valence-electron chi connectivity index (χ3n) is 3.82. The highest BCUT2D eigenvalue weighted by molar-refractivity contribution is 6.10. The molecule has 0 fully saturated rings. The first-order valence-electron chi connectivity index (χ1n) is 8.33. The fraction of sp³-hybridized carbons (Fsp3) is 0.100. The third-order valence-corrected chi connectivity index (χ3v) is 3.82. The Morgan fingerprint density at radius 3 is 1.50 bits per heavy atom. The van der Waals surface area contributed by atoms with Crippen LogP contribution in [-0.2, 0) is 0 Å². The number of nitrogens with one attached hydrogen (secondary N) is 2. The van der Waals surface area contributed by atoms with E-state index in [1.165, 1.54) is 26.4 Å². The Labute approximate surface area is 161 Å². The van der Waals surface area contributed by atoms with E-state index in [-0.39, 0.29) is 22.6 Å². The van der Waals surface area contributed by atoms with Gasteiger partial charge in [0, 0.05) is 12.4 Å². The second-order valence-electron chi connectivity index (χ2n) is 5.59. The molecule has 0 spiro atoms. The van der Waals surface area contributed by atoms with Gasteiger partial charge in [-0.2, -0.15) is 0 Å². The van der Waals surface area contributed by atoms with Gasteiger partial charge in [0.05, 0.1) is 25.3 Å². The lowest BCUT2D eigenvalue weighted by Gasteiger charge is -2.14. The molecule has 0 radical (unpaired) electrons. The Morgan fingerprint density at radius 1 is 0.750 bits per heavy atom. The Hall–Kier alpha value is -3.94. The van der Waals surface area contributed by atoms with Crippen LogP contribution in [-0.4, -0.2) is 36.0 Å². The summed E-state index contributed by atoms with van der Waals surface area (Å²) in [7, 11) is 2.83. The summed E-state index contributed by atoms with van der Waals surface area (Å²) in [5.74, 6) is 0.354. The van der Waals surface area contributed by atoms with E-state index in [2.05, 4.69) is 20.6 Å². The van der Waals surface area contributed by atoms with Crippen molar-refractivity contribution in [2.45, 2.75) is 0 Å². The van der Waals surface area contributed by atoms with Crippen LogP contribution < -0.4 is 20.1 Å². The fourth-order valence-corrected chi connectivity index (χ4v) is 2.49. The zero-order chi connectivity index (χ0) is 19.9. The summed E-state index contributed by atoms with van der Waals surface area (Å²) in [5.41, 5.74) is 0.416. The SMILES string of the molecule is COc1cc(C(=O)Nc2ccccn2)c(OC)cc1C(=O)Nc1ccccn1. The van der Waals surface area contributed by atoms with E-state index in [0.29, 0.717) is 11.6 Å². The number of anilines is 2. The second-order valence-corrected chi connectivity index (χ2v) is 5.59. The van der Waals surface area contributed by atoms with Gasteiger partial charge in [0.2, 0.25) is 0 Å². The highest BCUT2D eigenvalue weighted by Gasteiger charge is 2.21. The molecule has 0 unspecified atom stereocenters. The summed E-state index contributed by atoms with van der Waals surface area (Å²) in [6.07, 6.45) is 3.14. The number of hydrogen-bond acceptors (Lipinski definition) is 6. The van der Waals surface area contributed by atoms with E-state index in [1.807, 2.05) is 0 Å². The number of benzene rings is 1. The molecule has 8 heteroatoms. The van der Waals surface area contributed by atoms with Crippen molar-refractivity contribution in [1.29, 1.82) is 0 Å². The number of rotatable bonds is 6. The van der Waals surface area contributed by atoms with Gasteiger partial charge in [0.15, 0.2) is 0 Å². The van der Waals surface area contributed by atoms with Gasteiger partial charge in [-0.25, -0.2) is 9.97 Å². The van der Waals surface area contributed by atoms with Gasteiger partial charge in [-0.3, -0.25) is 9.59 Å². The van der Waals surface area contributed by atoms with Crippen molar-refractivity contribution < 1.29 is 19.1 Å². The highest BCUT2D eigenvalue weighted by atomic mass is 16.5. The largest absolute Gasteiger partial charge is 0.496 e. The molecule has 2 heterocycles. The molecule has 2 N–H and O–H groups in total. The molecule has 3 aromatic rings. The summed E-state index contributed by atoms with van der Waals surface area (Å²) >= 11 is 0. The molecule has 3 rings (SSSR count). The molecule has 1 aromatic carbocycles. The zero-order valence-electron chi connectivity index (χ0n) is 15.3. The van der Waals surface area contributed by atoms with Gasteiger partial charge in [-0.05, 0) is 36.4 Å². The van der Waals surface area contributed by atoms with Gasteiger partial charge in [-0.15, -0.1) is 0 Å². The molecule has 2 aromatic heterocycles. The predicted octanol–water partition coefficient (Wildman–Crippen LogP) is 3.00. The molecule has 0 saturated carbocycles. The standard InChI is InChI=1S/C20H18N4O4/c1-27-15-11-14(20(26)24-18-8-4-6-10-22-18)16(28-2)12-13(15)19(25)23-17-7-3-5-9-21-17/h3-12H,1-2H3,(H,21,23,25)(H,22,24,26). The smallest absolute Gasteiger partial charge is 0.260 e. The molecule has 28 heavy (non-hydrogen) atoms. The quantitative estimate of drug-likeness (QED) is 0.684. The number of methoxy groups -OCH3 is 2. The maximum absolute atomic E-state index is 12.6. The monoisotopic (exact) mass is 378 g/mol. The van der Waals surface area contributed by atoms with Crippen LogP contribution in [0.1, 0.15) is 20.7 Å². The Balaban J connectivity index is 1.91. The second kappa shape index (κ2) is 8.63. The van der Waals surface area contributed by atoms with Gasteiger partial charge >= 0.3 is 0 Å². The van der Waals surface area contributed by atoms with Crippen molar-refractivity contribution >= 4 is 23.5 Å². The first kappa shape index (κ1) is 18.8. The van der Waals surface area contributed by atoms with Crippen molar-refractivity contribution in [3.8, 4) is 11.5 Å². The van der Waals surface area contributed by atoms with Gasteiger partial charge in [0.25, 0.3) is 11.8 Å². The number of hydrogen-bond donors (Lipinski definition) is 2. The lowest BCUT2D eigenvalue weighted by atomic mass is 10.1. The van der Waals surface area contributed by atoms with Crippen LogP contribution in [0.3, 0.4) is 0 Å². The number of carbonyl (C=O) groups is 2. The van der Waals surface area contributed by atoms with Crippen LogP contribution in [0.25, 0.3) is 0 Å². The summed E-state index contributed by atoms with van der Waals surface area (Å²) < 4.78 is 10.6. The number of ether oxygens (including phenoxy) is 2. The number of carbonyl (C=O) groups excluding carboxylic acids is 2. The average molecular weight is 378 g/mol. The number of aromatic nitrogens is 2. The van der Waals surface area contributed by atoms with E-state index in [1.54, 1.807) is 48.8 Å². The minimum Gasteiger partial charge on any atom is -0.496 e. The van der Waals surface area contributed by atoms with Crippen LogP contribution in [0.5, 0.6) is 11.5 Å². The first-order chi connectivity index (χ1) is 13.6. The molecule has 0 bridgehead atoms. The zero-order valence-corrected chi connectivity index (χ0v) is 15.3. The van der Waals surface area contributed by atoms with Crippen molar-refractivity contribution in [3.63, 3.8) is 0 Å². The van der Waals surface area contributed by atoms with Crippen LogP contribution in [0.15, 0.2) is 60.9 Å². The van der Waals surface area contributed by atoms with Crippen molar-refractivity contribution in [2.24, 2.45) is 0 Å². The first-order valence-corrected chi connectivity index (χ1v) is 8.33. The minimum atomic E-state index is -0.439. The molecule has 2 amide bonds. The lowest BCUT2D eigenvalue weighted by Crippen LogP contribution is -2.17. The van der Waals surface area contributed by atoms with E-state index in [9.17, 15) is 9.59 Å². The third kappa shape index (κ3) is 4.24. The van der Waals surface area contributed by atoms with Crippen molar-refractivity contribution in [2.75, 3.05) is 24.9 Å². The maximum atomic E-state index is 12.6. The number of amides is 2. The van der Waals surface area contributed by atoms with Crippen molar-refractivity contribution in [3.05, 3.63) is 72.1 Å². The van der Waals surface area contributed by atoms with E-state index in [4.69, 9.17) is 9.47 Å². The lowest BCUT2D eigenvalue weighted by molar-refractivity contribution is 0.100. The maximum Gasteiger partial charge on any atom is 0.260 e. The summed E-state index contributed by atoms with van der Waals surface area (Å²) in [5, 5.41) is 5.35. The molecule has 142 valence electrons. The number of nitrogens with zero attached hydrogens (tertiary/aromatic N) is 2. The van der Waals surface area contributed by atoms with Crippen molar-refractivity contribution in [1.82, 2.24) is 9.97 Å². The molecule has 0 aliphatic heterocycles. The Morgan fingerprint density at radius 2 is 1.18 bits per heavy atom. The summed E-state index contributed by atoms with van der Waals surface area (Å²) in [6, 6.07) is 13.2. The molecular weight excluding hydrogens is 360 g/mol. The van der Waals surface area contributed by atoms with Gasteiger partial charge in [-0.1, -0.05) is 12.1 Å². The van der Waals surface area contributed by atoms with Gasteiger partial charge in [0.1, 0.15) is 23.1 Å². The van der Waals surface area contributed by atoms with E-state index < -0.39 is 11.8 Å². The predicted molar refractivity (Wildman–Crippen MR) is 104 cm³/mol. The normalized spacial score (nSPS) is 10.1. The topological polar surface area (TPSA) is 102 Å². The number of pyridine rings is 2. The summed E-state index contributed by atoms with van der Waals surface area (Å²) in [6.45, 7) is 0. The van der Waals surface area contributed by atoms with Crippen LogP contribution in [0, 0.1) is 0 Å². The fourth-order valence-electron chi connectivity index (χ4n) is 2.49. The molecule has 0 aliphatic carbocycles. The van der Waals surface area contributed by atoms with E-state index >= 15 is 0 Å². The molecule has 0 atom stereocenters. The summed E-state index contributed by atoms with van der Waals surface area (Å²) in [4.78, 5) is 33.4. The van der Waals surface area contributed by atoms with Crippen LogP contribution >= 0.6 is 0 Å². The Kier molecular flexibility index (Phi) is 5.81. The van der Waals surface area contributed by atoms with Gasteiger partial charge < -0.3 is 20.1 Å². The molecule has 0 saturated heterocycles. The van der Waals surface area contributed by atoms with Crippen LogP contribution in [0.2, 0.25) is 0 Å². The molecule has 0 aliphatic rings. The molecular formula is C20H18N4O4.